The standard InChI is InChI=1S/C19H23N5O3/c1-13(25)22-16-5-3-4-14(12-16)19(26)24-10-6-15(7-11-24)23-17-18(27-2)21-9-8-20-17/h3-5,8-9,12,15H,6-7,10-11H2,1-2H3,(H,20,23)(H,22,25). The van der Waals surface area contributed by atoms with E-state index in [1.165, 1.54) is 6.92 Å². The Labute approximate surface area is 158 Å². The number of hydrogen-bond acceptors (Lipinski definition) is 6. The van der Waals surface area contributed by atoms with Gasteiger partial charge >= 0.3 is 0 Å². The quantitative estimate of drug-likeness (QED) is 0.838. The van der Waals surface area contributed by atoms with E-state index in [0.29, 0.717) is 36.0 Å². The summed E-state index contributed by atoms with van der Waals surface area (Å²) in [5.41, 5.74) is 1.20. The molecule has 27 heavy (non-hydrogen) atoms. The van der Waals surface area contributed by atoms with Crippen molar-refractivity contribution in [3.63, 3.8) is 0 Å². The normalized spacial score (nSPS) is 14.5. The maximum Gasteiger partial charge on any atom is 0.257 e. The first-order chi connectivity index (χ1) is 13.1. The maximum absolute atomic E-state index is 12.8. The average Bonchev–Trinajstić information content (AvgIpc) is 2.68. The molecule has 2 heterocycles. The Morgan fingerprint density at radius 1 is 1.19 bits per heavy atom. The number of ether oxygens (including phenoxy) is 1. The molecule has 0 aliphatic carbocycles. The summed E-state index contributed by atoms with van der Waals surface area (Å²) in [6, 6.07) is 7.21. The van der Waals surface area contributed by atoms with Gasteiger partial charge in [-0.15, -0.1) is 0 Å². The number of carbonyl (C=O) groups is 2. The van der Waals surface area contributed by atoms with E-state index in [2.05, 4.69) is 20.6 Å². The Balaban J connectivity index is 1.59. The van der Waals surface area contributed by atoms with Crippen molar-refractivity contribution in [1.29, 1.82) is 0 Å². The second-order valence-electron chi connectivity index (χ2n) is 6.39. The summed E-state index contributed by atoms with van der Waals surface area (Å²) >= 11 is 0. The predicted octanol–water partition coefficient (Wildman–Crippen LogP) is 2.16. The van der Waals surface area contributed by atoms with E-state index in [1.54, 1.807) is 43.8 Å². The van der Waals surface area contributed by atoms with Crippen molar-refractivity contribution in [3.05, 3.63) is 42.2 Å². The molecule has 1 aliphatic rings. The Hall–Kier alpha value is -3.16. The van der Waals surface area contributed by atoms with Crippen molar-refractivity contribution in [2.24, 2.45) is 0 Å². The molecule has 0 spiro atoms. The van der Waals surface area contributed by atoms with E-state index >= 15 is 0 Å². The van der Waals surface area contributed by atoms with Gasteiger partial charge in [0.25, 0.3) is 11.8 Å². The molecule has 8 heteroatoms. The topological polar surface area (TPSA) is 96.5 Å². The fourth-order valence-electron chi connectivity index (χ4n) is 3.11. The van der Waals surface area contributed by atoms with Crippen LogP contribution in [0, 0.1) is 0 Å². The largest absolute Gasteiger partial charge is 0.478 e. The molecule has 2 aromatic rings. The highest BCUT2D eigenvalue weighted by atomic mass is 16.5. The minimum Gasteiger partial charge on any atom is -0.478 e. The number of anilines is 2. The molecular formula is C19H23N5O3. The molecular weight excluding hydrogens is 346 g/mol. The van der Waals surface area contributed by atoms with Crippen molar-refractivity contribution in [2.45, 2.75) is 25.8 Å². The van der Waals surface area contributed by atoms with Gasteiger partial charge in [0.2, 0.25) is 5.91 Å². The summed E-state index contributed by atoms with van der Waals surface area (Å²) in [5.74, 6) is 0.891. The number of benzene rings is 1. The smallest absolute Gasteiger partial charge is 0.257 e. The number of aromatic nitrogens is 2. The molecule has 142 valence electrons. The summed E-state index contributed by atoms with van der Waals surface area (Å²) < 4.78 is 5.21. The molecule has 1 aliphatic heterocycles. The monoisotopic (exact) mass is 369 g/mol. The lowest BCUT2D eigenvalue weighted by molar-refractivity contribution is -0.114. The van der Waals surface area contributed by atoms with Gasteiger partial charge in [-0.2, -0.15) is 0 Å². The average molecular weight is 369 g/mol. The Kier molecular flexibility index (Phi) is 5.85. The van der Waals surface area contributed by atoms with Gasteiger partial charge in [-0.1, -0.05) is 6.07 Å². The van der Waals surface area contributed by atoms with Crippen molar-refractivity contribution >= 4 is 23.3 Å². The second-order valence-corrected chi connectivity index (χ2v) is 6.39. The third kappa shape index (κ3) is 4.72. The first-order valence-corrected chi connectivity index (χ1v) is 8.85. The Morgan fingerprint density at radius 2 is 1.93 bits per heavy atom. The van der Waals surface area contributed by atoms with E-state index in [4.69, 9.17) is 4.74 Å². The fraction of sp³-hybridized carbons (Fsp3) is 0.368. The maximum atomic E-state index is 12.8. The van der Waals surface area contributed by atoms with Crippen LogP contribution in [0.15, 0.2) is 36.7 Å². The highest BCUT2D eigenvalue weighted by Gasteiger charge is 2.24. The molecule has 0 atom stereocenters. The third-order valence-corrected chi connectivity index (χ3v) is 4.41. The minimum atomic E-state index is -0.161. The molecule has 0 unspecified atom stereocenters. The molecule has 2 N–H and O–H groups in total. The van der Waals surface area contributed by atoms with Crippen LogP contribution in [0.1, 0.15) is 30.1 Å². The van der Waals surface area contributed by atoms with E-state index in [1.807, 2.05) is 4.90 Å². The SMILES string of the molecule is COc1nccnc1NC1CCN(C(=O)c2cccc(NC(C)=O)c2)CC1. The van der Waals surface area contributed by atoms with Crippen LogP contribution in [-0.2, 0) is 4.79 Å². The molecule has 3 rings (SSSR count). The summed E-state index contributed by atoms with van der Waals surface area (Å²) in [7, 11) is 1.56. The van der Waals surface area contributed by atoms with Crippen LogP contribution in [0.5, 0.6) is 5.88 Å². The molecule has 8 nitrogen and oxygen atoms in total. The Bertz CT molecular complexity index is 818. The van der Waals surface area contributed by atoms with Gasteiger partial charge in [-0.25, -0.2) is 9.97 Å². The van der Waals surface area contributed by atoms with Crippen LogP contribution in [0.2, 0.25) is 0 Å². The van der Waals surface area contributed by atoms with Crippen LogP contribution in [0.25, 0.3) is 0 Å². The summed E-state index contributed by atoms with van der Waals surface area (Å²) in [5, 5.41) is 6.05. The van der Waals surface area contributed by atoms with Crippen LogP contribution in [0.4, 0.5) is 11.5 Å². The number of carbonyl (C=O) groups excluding carboxylic acids is 2. The van der Waals surface area contributed by atoms with Crippen molar-refractivity contribution in [1.82, 2.24) is 14.9 Å². The zero-order valence-corrected chi connectivity index (χ0v) is 15.4. The van der Waals surface area contributed by atoms with E-state index in [0.717, 1.165) is 12.8 Å². The van der Waals surface area contributed by atoms with Crippen molar-refractivity contribution < 1.29 is 14.3 Å². The van der Waals surface area contributed by atoms with Crippen LogP contribution >= 0.6 is 0 Å². The van der Waals surface area contributed by atoms with Gasteiger partial charge in [-0.05, 0) is 31.0 Å². The van der Waals surface area contributed by atoms with Gasteiger partial charge in [0.1, 0.15) is 0 Å². The number of rotatable bonds is 5. The fourth-order valence-corrected chi connectivity index (χ4v) is 3.11. The summed E-state index contributed by atoms with van der Waals surface area (Å²) in [6.07, 6.45) is 4.81. The van der Waals surface area contributed by atoms with E-state index in [-0.39, 0.29) is 17.9 Å². The zero-order chi connectivity index (χ0) is 19.2. The molecule has 1 aromatic heterocycles. The third-order valence-electron chi connectivity index (χ3n) is 4.41. The molecule has 1 fully saturated rings. The lowest BCUT2D eigenvalue weighted by Crippen LogP contribution is -2.42. The summed E-state index contributed by atoms with van der Waals surface area (Å²) in [6.45, 7) is 2.73. The molecule has 2 amide bonds. The van der Waals surface area contributed by atoms with E-state index < -0.39 is 0 Å². The minimum absolute atomic E-state index is 0.0299. The lowest BCUT2D eigenvalue weighted by atomic mass is 10.0. The second kappa shape index (κ2) is 8.48. The zero-order valence-electron chi connectivity index (χ0n) is 15.4. The molecule has 0 saturated carbocycles. The number of piperidine rings is 1. The molecule has 0 radical (unpaired) electrons. The van der Waals surface area contributed by atoms with Gasteiger partial charge < -0.3 is 20.3 Å². The molecule has 0 bridgehead atoms. The van der Waals surface area contributed by atoms with Crippen LogP contribution < -0.4 is 15.4 Å². The Morgan fingerprint density at radius 3 is 2.63 bits per heavy atom. The number of nitrogens with zero attached hydrogens (tertiary/aromatic N) is 3. The highest BCUT2D eigenvalue weighted by molar-refractivity contribution is 5.96. The van der Waals surface area contributed by atoms with Crippen molar-refractivity contribution in [2.75, 3.05) is 30.8 Å². The molecule has 1 aromatic carbocycles. The van der Waals surface area contributed by atoms with Crippen LogP contribution in [0.3, 0.4) is 0 Å². The number of methoxy groups -OCH3 is 1. The number of nitrogens with one attached hydrogen (secondary N) is 2. The number of hydrogen-bond donors (Lipinski definition) is 2. The first kappa shape index (κ1) is 18.6. The lowest BCUT2D eigenvalue weighted by Gasteiger charge is -2.32. The van der Waals surface area contributed by atoms with E-state index in [9.17, 15) is 9.59 Å². The first-order valence-electron chi connectivity index (χ1n) is 8.85. The number of likely N-dealkylation sites (tertiary alicyclic amines) is 1. The van der Waals surface area contributed by atoms with Gasteiger partial charge in [0.15, 0.2) is 5.82 Å². The van der Waals surface area contributed by atoms with Gasteiger partial charge in [0.05, 0.1) is 7.11 Å². The highest BCUT2D eigenvalue weighted by Crippen LogP contribution is 2.22. The predicted molar refractivity (Wildman–Crippen MR) is 102 cm³/mol. The van der Waals surface area contributed by atoms with Crippen LogP contribution in [-0.4, -0.2) is 52.9 Å². The summed E-state index contributed by atoms with van der Waals surface area (Å²) in [4.78, 5) is 34.2. The number of amides is 2. The van der Waals surface area contributed by atoms with Crippen molar-refractivity contribution in [3.8, 4) is 5.88 Å². The van der Waals surface area contributed by atoms with Gasteiger partial charge in [0, 0.05) is 49.7 Å². The molecule has 1 saturated heterocycles. The van der Waals surface area contributed by atoms with Gasteiger partial charge in [-0.3, -0.25) is 9.59 Å².